The van der Waals surface area contributed by atoms with Gasteiger partial charge in [-0.15, -0.1) is 0 Å². The summed E-state index contributed by atoms with van der Waals surface area (Å²) >= 11 is 0. The zero-order chi connectivity index (χ0) is 17.0. The first-order valence-corrected chi connectivity index (χ1v) is 8.37. The number of allylic oxidation sites excluding steroid dienone is 4. The van der Waals surface area contributed by atoms with E-state index in [1.807, 2.05) is 6.07 Å². The molecule has 0 aliphatic rings. The molecule has 0 spiro atoms. The molecule has 0 aliphatic carbocycles. The van der Waals surface area contributed by atoms with Crippen LogP contribution in [0.3, 0.4) is 0 Å². The van der Waals surface area contributed by atoms with Gasteiger partial charge in [0.1, 0.15) is 0 Å². The zero-order valence-corrected chi connectivity index (χ0v) is 14.5. The molecule has 2 aromatic carbocycles. The maximum absolute atomic E-state index is 4.61. The van der Waals surface area contributed by atoms with Crippen molar-refractivity contribution in [3.63, 3.8) is 0 Å². The fraction of sp³-hybridized carbons (Fsp3) is 0.174. The van der Waals surface area contributed by atoms with Crippen LogP contribution in [0.1, 0.15) is 30.0 Å². The molecule has 2 rings (SSSR count). The summed E-state index contributed by atoms with van der Waals surface area (Å²) in [5.41, 5.74) is 4.83. The smallest absolute Gasteiger partial charge is 0.0576 e. The van der Waals surface area contributed by atoms with E-state index in [2.05, 4.69) is 104 Å². The Morgan fingerprint density at radius 3 is 2.38 bits per heavy atom. The van der Waals surface area contributed by atoms with Gasteiger partial charge in [-0.3, -0.25) is 4.99 Å². The van der Waals surface area contributed by atoms with Gasteiger partial charge in [0.15, 0.2) is 0 Å². The van der Waals surface area contributed by atoms with Crippen molar-refractivity contribution in [1.82, 2.24) is 0 Å². The lowest BCUT2D eigenvalue weighted by molar-refractivity contribution is 1.23. The number of benzene rings is 2. The predicted molar refractivity (Wildman–Crippen MR) is 107 cm³/mol. The van der Waals surface area contributed by atoms with E-state index in [1.165, 1.54) is 16.7 Å². The van der Waals surface area contributed by atoms with Gasteiger partial charge < -0.3 is 0 Å². The topological polar surface area (TPSA) is 12.4 Å². The van der Waals surface area contributed by atoms with Crippen molar-refractivity contribution < 1.29 is 0 Å². The fourth-order valence-corrected chi connectivity index (χ4v) is 2.40. The molecule has 24 heavy (non-hydrogen) atoms. The van der Waals surface area contributed by atoms with Gasteiger partial charge in [-0.2, -0.15) is 0 Å². The van der Waals surface area contributed by atoms with Gasteiger partial charge in [-0.05, 0) is 37.0 Å². The highest BCUT2D eigenvalue weighted by Crippen LogP contribution is 2.08. The molecule has 0 saturated heterocycles. The summed E-state index contributed by atoms with van der Waals surface area (Å²) in [4.78, 5) is 4.61. The van der Waals surface area contributed by atoms with Crippen molar-refractivity contribution in [2.45, 2.75) is 20.3 Å². The van der Waals surface area contributed by atoms with Crippen molar-refractivity contribution in [2.24, 2.45) is 4.99 Å². The average molecular weight is 315 g/mol. The van der Waals surface area contributed by atoms with Gasteiger partial charge in [0.05, 0.1) is 6.54 Å². The number of aliphatic imine (C=N–C) groups is 1. The highest BCUT2D eigenvalue weighted by Gasteiger charge is 1.98. The number of hydrogen-bond donors (Lipinski definition) is 0. The molecule has 0 aliphatic heterocycles. The van der Waals surface area contributed by atoms with Gasteiger partial charge in [0.25, 0.3) is 0 Å². The summed E-state index contributed by atoms with van der Waals surface area (Å²) in [6.45, 7) is 4.90. The maximum Gasteiger partial charge on any atom is 0.0576 e. The van der Waals surface area contributed by atoms with Gasteiger partial charge in [-0.1, -0.05) is 91.1 Å². The van der Waals surface area contributed by atoms with E-state index in [-0.39, 0.29) is 0 Å². The van der Waals surface area contributed by atoms with E-state index in [1.54, 1.807) is 0 Å². The number of hydrogen-bond acceptors (Lipinski definition) is 1. The van der Waals surface area contributed by atoms with E-state index < -0.39 is 0 Å². The van der Waals surface area contributed by atoms with Crippen molar-refractivity contribution >= 4 is 11.8 Å². The van der Waals surface area contributed by atoms with E-state index >= 15 is 0 Å². The van der Waals surface area contributed by atoms with Crippen LogP contribution >= 0.6 is 0 Å². The molecule has 0 N–H and O–H groups in total. The molecule has 0 radical (unpaired) electrons. The molecular formula is C23H25N. The third kappa shape index (κ3) is 6.21. The molecule has 0 saturated carbocycles. The largest absolute Gasteiger partial charge is 0.285 e. The molecule has 0 bridgehead atoms. The second kappa shape index (κ2) is 10.2. The van der Waals surface area contributed by atoms with Crippen LogP contribution in [0.4, 0.5) is 0 Å². The number of aryl methyl sites for hydroxylation is 1. The molecule has 2 aromatic rings. The van der Waals surface area contributed by atoms with Crippen LogP contribution in [-0.2, 0) is 0 Å². The minimum Gasteiger partial charge on any atom is -0.285 e. The quantitative estimate of drug-likeness (QED) is 0.437. The minimum atomic E-state index is 0.713. The predicted octanol–water partition coefficient (Wildman–Crippen LogP) is 6.02. The Bertz CT molecular complexity index is 734. The average Bonchev–Trinajstić information content (AvgIpc) is 2.61. The Labute approximate surface area is 145 Å². The zero-order valence-electron chi connectivity index (χ0n) is 14.5. The summed E-state index contributed by atoms with van der Waals surface area (Å²) in [7, 11) is 0. The van der Waals surface area contributed by atoms with Crippen LogP contribution in [0.25, 0.3) is 6.08 Å². The first kappa shape index (κ1) is 17.7. The Morgan fingerprint density at radius 2 is 1.58 bits per heavy atom. The lowest BCUT2D eigenvalue weighted by Crippen LogP contribution is -1.98. The maximum atomic E-state index is 4.61. The van der Waals surface area contributed by atoms with E-state index in [4.69, 9.17) is 0 Å². The lowest BCUT2D eigenvalue weighted by atomic mass is 10.1. The molecule has 0 atom stereocenters. The van der Waals surface area contributed by atoms with Crippen LogP contribution < -0.4 is 0 Å². The summed E-state index contributed by atoms with van der Waals surface area (Å²) in [6, 6.07) is 18.7. The first-order chi connectivity index (χ1) is 11.8. The van der Waals surface area contributed by atoms with Crippen molar-refractivity contribution in [2.75, 3.05) is 6.54 Å². The second-order valence-electron chi connectivity index (χ2n) is 5.65. The standard InChI is InChI=1S/C23H25N/c1-20-14-11-12-18-23(20)21(2)24-19-13-6-4-3-5-8-15-22-16-9-7-10-17-22/h3-4,6-18H,5,19H2,1-2H3/b4-3-,13-6-,15-8+,24-21+. The first-order valence-electron chi connectivity index (χ1n) is 8.37. The van der Waals surface area contributed by atoms with E-state index in [9.17, 15) is 0 Å². The molecule has 0 amide bonds. The van der Waals surface area contributed by atoms with Crippen molar-refractivity contribution in [3.8, 4) is 0 Å². The lowest BCUT2D eigenvalue weighted by Gasteiger charge is -2.03. The second-order valence-corrected chi connectivity index (χ2v) is 5.65. The van der Waals surface area contributed by atoms with E-state index in [0.29, 0.717) is 6.54 Å². The van der Waals surface area contributed by atoms with Gasteiger partial charge in [0.2, 0.25) is 0 Å². The normalized spacial score (nSPS) is 12.7. The summed E-state index contributed by atoms with van der Waals surface area (Å²) in [6.07, 6.45) is 13.6. The molecule has 0 heterocycles. The van der Waals surface area contributed by atoms with Crippen LogP contribution in [0, 0.1) is 6.92 Å². The van der Waals surface area contributed by atoms with Crippen LogP contribution in [0.15, 0.2) is 90.0 Å². The van der Waals surface area contributed by atoms with Crippen LogP contribution in [-0.4, -0.2) is 12.3 Å². The van der Waals surface area contributed by atoms with E-state index in [0.717, 1.165) is 12.1 Å². The summed E-state index contributed by atoms with van der Waals surface area (Å²) in [5, 5.41) is 0. The van der Waals surface area contributed by atoms with Crippen molar-refractivity contribution in [1.29, 1.82) is 0 Å². The van der Waals surface area contributed by atoms with Gasteiger partial charge in [0, 0.05) is 5.71 Å². The Kier molecular flexibility index (Phi) is 7.49. The Hall–Kier alpha value is -2.67. The molecule has 0 fully saturated rings. The monoisotopic (exact) mass is 315 g/mol. The minimum absolute atomic E-state index is 0.713. The number of nitrogens with zero attached hydrogens (tertiary/aromatic N) is 1. The number of rotatable bonds is 7. The Balaban J connectivity index is 1.73. The summed E-state index contributed by atoms with van der Waals surface area (Å²) < 4.78 is 0. The molecule has 1 nitrogen and oxygen atoms in total. The fourth-order valence-electron chi connectivity index (χ4n) is 2.40. The third-order valence-corrected chi connectivity index (χ3v) is 3.73. The van der Waals surface area contributed by atoms with Crippen LogP contribution in [0.5, 0.6) is 0 Å². The molecule has 0 aromatic heterocycles. The summed E-state index contributed by atoms with van der Waals surface area (Å²) in [5.74, 6) is 0. The molecule has 122 valence electrons. The highest BCUT2D eigenvalue weighted by atomic mass is 14.7. The molecule has 1 heteroatoms. The van der Waals surface area contributed by atoms with Crippen molar-refractivity contribution in [3.05, 3.63) is 102 Å². The van der Waals surface area contributed by atoms with Gasteiger partial charge in [-0.25, -0.2) is 0 Å². The highest BCUT2D eigenvalue weighted by molar-refractivity contribution is 5.99. The molecular weight excluding hydrogens is 290 g/mol. The third-order valence-electron chi connectivity index (χ3n) is 3.73. The SMILES string of the molecule is C/C(=N\C/C=C\C=C/C/C=C/c1ccccc1)c1ccccc1C. The van der Waals surface area contributed by atoms with Crippen LogP contribution in [0.2, 0.25) is 0 Å². The molecule has 0 unspecified atom stereocenters. The Morgan fingerprint density at radius 1 is 0.875 bits per heavy atom. The van der Waals surface area contributed by atoms with Gasteiger partial charge >= 0.3 is 0 Å².